The van der Waals surface area contributed by atoms with Gasteiger partial charge in [0.25, 0.3) is 0 Å². The largest absolute Gasteiger partial charge is 0.468 e. The van der Waals surface area contributed by atoms with E-state index in [1.165, 1.54) is 39.2 Å². The lowest BCUT2D eigenvalue weighted by atomic mass is 9.89. The molecule has 0 bridgehead atoms. The molecule has 0 aromatic heterocycles. The topological polar surface area (TPSA) is 38.3 Å². The van der Waals surface area contributed by atoms with Crippen molar-refractivity contribution < 1.29 is 9.53 Å². The first kappa shape index (κ1) is 12.8. The Hall–Kier alpha value is -0.280. The van der Waals surface area contributed by atoms with E-state index >= 15 is 0 Å². The minimum atomic E-state index is -0.557. The van der Waals surface area contributed by atoms with Gasteiger partial charge in [0, 0.05) is 6.54 Å². The summed E-state index contributed by atoms with van der Waals surface area (Å²) in [5.41, 5.74) is 0. The van der Waals surface area contributed by atoms with Crippen molar-refractivity contribution in [1.82, 2.24) is 5.32 Å². The zero-order chi connectivity index (χ0) is 11.1. The lowest BCUT2D eigenvalue weighted by molar-refractivity contribution is -0.140. The number of hydrogen-bond acceptors (Lipinski definition) is 3. The quantitative estimate of drug-likeness (QED) is 0.583. The Labute approximate surface area is 96.5 Å². The van der Waals surface area contributed by atoms with Crippen LogP contribution in [0, 0.1) is 5.92 Å². The van der Waals surface area contributed by atoms with E-state index in [0.717, 1.165) is 12.5 Å². The number of carbonyl (C=O) groups excluding carboxylic acids is 1. The van der Waals surface area contributed by atoms with E-state index in [2.05, 4.69) is 10.1 Å². The van der Waals surface area contributed by atoms with Gasteiger partial charge in [0.05, 0.1) is 7.11 Å². The summed E-state index contributed by atoms with van der Waals surface area (Å²) in [6, 6.07) is 0. The number of rotatable bonds is 5. The molecular weight excluding hydrogens is 214 g/mol. The molecule has 1 saturated carbocycles. The van der Waals surface area contributed by atoms with E-state index in [-0.39, 0.29) is 5.97 Å². The number of hydrogen-bond donors (Lipinski definition) is 1. The molecule has 0 amide bonds. The van der Waals surface area contributed by atoms with Gasteiger partial charge in [0.1, 0.15) is 5.38 Å². The number of halogens is 1. The second kappa shape index (κ2) is 7.07. The first-order valence-corrected chi connectivity index (χ1v) is 6.10. The molecule has 0 aromatic rings. The zero-order valence-electron chi connectivity index (χ0n) is 9.30. The van der Waals surface area contributed by atoms with Crippen molar-refractivity contribution in [2.24, 2.45) is 5.92 Å². The van der Waals surface area contributed by atoms with E-state index in [9.17, 15) is 4.79 Å². The average molecular weight is 234 g/mol. The van der Waals surface area contributed by atoms with Crippen molar-refractivity contribution in [3.05, 3.63) is 0 Å². The van der Waals surface area contributed by atoms with Crippen molar-refractivity contribution >= 4 is 17.6 Å². The summed E-state index contributed by atoms with van der Waals surface area (Å²) < 4.78 is 4.54. The molecule has 3 nitrogen and oxygen atoms in total. The van der Waals surface area contributed by atoms with Gasteiger partial charge in [-0.1, -0.05) is 19.3 Å². The average Bonchev–Trinajstić information content (AvgIpc) is 2.29. The van der Waals surface area contributed by atoms with E-state index in [4.69, 9.17) is 11.6 Å². The summed E-state index contributed by atoms with van der Waals surface area (Å²) in [5.74, 6) is 0.410. The Morgan fingerprint density at radius 1 is 1.47 bits per heavy atom. The van der Waals surface area contributed by atoms with Crippen LogP contribution in [-0.4, -0.2) is 31.5 Å². The Balaban J connectivity index is 2.07. The lowest BCUT2D eigenvalue weighted by Crippen LogP contribution is -2.33. The van der Waals surface area contributed by atoms with Gasteiger partial charge in [-0.2, -0.15) is 0 Å². The molecule has 15 heavy (non-hydrogen) atoms. The molecule has 1 unspecified atom stereocenters. The molecule has 0 radical (unpaired) electrons. The Kier molecular flexibility index (Phi) is 6.03. The van der Waals surface area contributed by atoms with Crippen molar-refractivity contribution in [1.29, 1.82) is 0 Å². The Morgan fingerprint density at radius 2 is 2.13 bits per heavy atom. The molecule has 1 atom stereocenters. The predicted octanol–water partition coefficient (Wildman–Crippen LogP) is 1.94. The van der Waals surface area contributed by atoms with Crippen LogP contribution in [0.25, 0.3) is 0 Å². The summed E-state index contributed by atoms with van der Waals surface area (Å²) in [6.07, 6.45) is 6.66. The Morgan fingerprint density at radius 3 is 2.73 bits per heavy atom. The van der Waals surface area contributed by atoms with E-state index < -0.39 is 5.38 Å². The molecule has 0 aliphatic heterocycles. The van der Waals surface area contributed by atoms with Crippen LogP contribution >= 0.6 is 11.6 Å². The molecule has 1 aliphatic carbocycles. The summed E-state index contributed by atoms with van der Waals surface area (Å²) in [5, 5.41) is 2.68. The van der Waals surface area contributed by atoms with Gasteiger partial charge in [0.2, 0.25) is 0 Å². The minimum Gasteiger partial charge on any atom is -0.468 e. The molecule has 88 valence electrons. The van der Waals surface area contributed by atoms with Crippen LogP contribution in [-0.2, 0) is 9.53 Å². The zero-order valence-corrected chi connectivity index (χ0v) is 10.1. The van der Waals surface area contributed by atoms with Gasteiger partial charge in [0.15, 0.2) is 0 Å². The van der Waals surface area contributed by atoms with E-state index in [1.54, 1.807) is 0 Å². The van der Waals surface area contributed by atoms with Crippen molar-refractivity contribution in [3.8, 4) is 0 Å². The third-order valence-electron chi connectivity index (χ3n) is 2.94. The molecule has 1 rings (SSSR count). The summed E-state index contributed by atoms with van der Waals surface area (Å²) in [4.78, 5) is 11.0. The molecule has 0 spiro atoms. The van der Waals surface area contributed by atoms with Gasteiger partial charge in [-0.3, -0.25) is 4.79 Å². The standard InChI is InChI=1S/C11H20ClNO2/c1-15-11(14)10(12)8-13-7-9-5-3-2-4-6-9/h9-10,13H,2-8H2,1H3. The van der Waals surface area contributed by atoms with Crippen molar-refractivity contribution in [3.63, 3.8) is 0 Å². The highest BCUT2D eigenvalue weighted by Crippen LogP contribution is 2.22. The molecular formula is C11H20ClNO2. The molecule has 4 heteroatoms. The van der Waals surface area contributed by atoms with E-state index in [1.807, 2.05) is 0 Å². The highest BCUT2D eigenvalue weighted by molar-refractivity contribution is 6.30. The van der Waals surface area contributed by atoms with Crippen LogP contribution in [0.5, 0.6) is 0 Å². The fourth-order valence-corrected chi connectivity index (χ4v) is 2.21. The molecule has 0 aromatic carbocycles. The monoisotopic (exact) mass is 233 g/mol. The second-order valence-corrected chi connectivity index (χ2v) is 4.68. The van der Waals surface area contributed by atoms with Crippen molar-refractivity contribution in [2.45, 2.75) is 37.5 Å². The maximum Gasteiger partial charge on any atom is 0.325 e. The van der Waals surface area contributed by atoms with Crippen LogP contribution in [0.2, 0.25) is 0 Å². The lowest BCUT2D eigenvalue weighted by Gasteiger charge is -2.22. The number of ether oxygens (including phenoxy) is 1. The maximum absolute atomic E-state index is 11.0. The third-order valence-corrected chi connectivity index (χ3v) is 3.27. The van der Waals surface area contributed by atoms with Gasteiger partial charge in [-0.15, -0.1) is 11.6 Å². The SMILES string of the molecule is COC(=O)C(Cl)CNCC1CCCCC1. The smallest absolute Gasteiger partial charge is 0.325 e. The van der Waals surface area contributed by atoms with Gasteiger partial charge in [-0.05, 0) is 25.3 Å². The number of carbonyl (C=O) groups is 1. The highest BCUT2D eigenvalue weighted by Gasteiger charge is 2.17. The normalized spacial score (nSPS) is 19.9. The van der Waals surface area contributed by atoms with E-state index in [0.29, 0.717) is 6.54 Å². The first-order chi connectivity index (χ1) is 7.24. The third kappa shape index (κ3) is 4.85. The summed E-state index contributed by atoms with van der Waals surface area (Å²) in [6.45, 7) is 1.48. The highest BCUT2D eigenvalue weighted by atomic mass is 35.5. The molecule has 0 heterocycles. The fourth-order valence-electron chi connectivity index (χ4n) is 2.02. The molecule has 1 fully saturated rings. The number of esters is 1. The molecule has 1 N–H and O–H groups in total. The van der Waals surface area contributed by atoms with Crippen LogP contribution in [0.3, 0.4) is 0 Å². The Bertz CT molecular complexity index is 193. The second-order valence-electron chi connectivity index (χ2n) is 4.15. The van der Waals surface area contributed by atoms with Gasteiger partial charge >= 0.3 is 5.97 Å². The predicted molar refractivity (Wildman–Crippen MR) is 61.1 cm³/mol. The summed E-state index contributed by atoms with van der Waals surface area (Å²) >= 11 is 5.81. The minimum absolute atomic E-state index is 0.354. The number of nitrogens with one attached hydrogen (secondary N) is 1. The maximum atomic E-state index is 11.0. The van der Waals surface area contributed by atoms with Crippen LogP contribution in [0.15, 0.2) is 0 Å². The van der Waals surface area contributed by atoms with Crippen LogP contribution in [0.1, 0.15) is 32.1 Å². The summed E-state index contributed by atoms with van der Waals surface area (Å²) in [7, 11) is 1.36. The van der Waals surface area contributed by atoms with Crippen LogP contribution < -0.4 is 5.32 Å². The fraction of sp³-hybridized carbons (Fsp3) is 0.909. The van der Waals surface area contributed by atoms with Crippen LogP contribution in [0.4, 0.5) is 0 Å². The van der Waals surface area contributed by atoms with Gasteiger partial charge in [-0.25, -0.2) is 0 Å². The number of alkyl halides is 1. The van der Waals surface area contributed by atoms with Gasteiger partial charge < -0.3 is 10.1 Å². The van der Waals surface area contributed by atoms with Crippen molar-refractivity contribution in [2.75, 3.05) is 20.2 Å². The molecule has 1 aliphatic rings. The number of methoxy groups -OCH3 is 1. The first-order valence-electron chi connectivity index (χ1n) is 5.66. The molecule has 0 saturated heterocycles.